The number of aryl methyl sites for hydroxylation is 1. The molecule has 2 rings (SSSR count). The molecule has 1 atom stereocenters. The molecule has 1 aromatic rings. The van der Waals surface area contributed by atoms with Crippen LogP contribution in [0.2, 0.25) is 0 Å². The molecule has 2 amide bonds. The van der Waals surface area contributed by atoms with E-state index in [1.54, 1.807) is 4.90 Å². The molecule has 0 aromatic heterocycles. The molecule has 102 valence electrons. The first-order valence-electron chi connectivity index (χ1n) is 6.30. The molecule has 4 nitrogen and oxygen atoms in total. The van der Waals surface area contributed by atoms with Crippen LogP contribution in [0.25, 0.3) is 0 Å². The summed E-state index contributed by atoms with van der Waals surface area (Å²) >= 11 is 3.44. The van der Waals surface area contributed by atoms with Gasteiger partial charge in [0.15, 0.2) is 0 Å². The Hall–Kier alpha value is -1.36. The zero-order valence-electron chi connectivity index (χ0n) is 11.1. The highest BCUT2D eigenvalue weighted by Crippen LogP contribution is 2.20. The van der Waals surface area contributed by atoms with E-state index in [4.69, 9.17) is 0 Å². The molecule has 1 saturated heterocycles. The predicted octanol–water partition coefficient (Wildman–Crippen LogP) is 2.11. The number of carbonyl (C=O) groups is 2. The number of rotatable bonds is 2. The maximum atomic E-state index is 12.3. The van der Waals surface area contributed by atoms with E-state index in [9.17, 15) is 9.59 Å². The number of hydrogen-bond acceptors (Lipinski definition) is 2. The Morgan fingerprint density at radius 1 is 1.42 bits per heavy atom. The van der Waals surface area contributed by atoms with Gasteiger partial charge in [0.05, 0.1) is 0 Å². The van der Waals surface area contributed by atoms with Crippen molar-refractivity contribution in [2.75, 3.05) is 13.1 Å². The number of benzene rings is 1. The molecule has 0 aliphatic carbocycles. The van der Waals surface area contributed by atoms with Crippen LogP contribution in [0.5, 0.6) is 0 Å². The second kappa shape index (κ2) is 5.74. The average molecular weight is 325 g/mol. The summed E-state index contributed by atoms with van der Waals surface area (Å²) in [5.74, 6) is -0.0223. The maximum absolute atomic E-state index is 12.3. The van der Waals surface area contributed by atoms with Crippen LogP contribution in [0.4, 0.5) is 0 Å². The zero-order chi connectivity index (χ0) is 14.0. The molecule has 0 spiro atoms. The van der Waals surface area contributed by atoms with Crippen LogP contribution in [0.3, 0.4) is 0 Å². The van der Waals surface area contributed by atoms with E-state index >= 15 is 0 Å². The van der Waals surface area contributed by atoms with Gasteiger partial charge < -0.3 is 10.2 Å². The van der Waals surface area contributed by atoms with Crippen LogP contribution in [-0.4, -0.2) is 35.8 Å². The summed E-state index contributed by atoms with van der Waals surface area (Å²) in [5, 5.41) is 2.86. The normalized spacial score (nSPS) is 18.5. The lowest BCUT2D eigenvalue weighted by molar-refractivity contribution is -0.119. The van der Waals surface area contributed by atoms with Gasteiger partial charge in [-0.15, -0.1) is 0 Å². The number of halogens is 1. The smallest absolute Gasteiger partial charge is 0.253 e. The van der Waals surface area contributed by atoms with Crippen molar-refractivity contribution in [3.05, 3.63) is 33.8 Å². The van der Waals surface area contributed by atoms with Crippen molar-refractivity contribution >= 4 is 27.7 Å². The fraction of sp³-hybridized carbons (Fsp3) is 0.429. The number of carbonyl (C=O) groups excluding carboxylic acids is 2. The monoisotopic (exact) mass is 324 g/mol. The molecule has 1 unspecified atom stereocenters. The summed E-state index contributed by atoms with van der Waals surface area (Å²) in [6.45, 7) is 4.77. The number of amides is 2. The van der Waals surface area contributed by atoms with E-state index in [2.05, 4.69) is 21.2 Å². The molecule has 5 heteroatoms. The molecular weight excluding hydrogens is 308 g/mol. The van der Waals surface area contributed by atoms with Gasteiger partial charge in [0.2, 0.25) is 5.91 Å². The van der Waals surface area contributed by atoms with E-state index in [1.165, 1.54) is 6.92 Å². The molecule has 1 heterocycles. The third-order valence-corrected chi connectivity index (χ3v) is 4.16. The summed E-state index contributed by atoms with van der Waals surface area (Å²) in [6, 6.07) is 5.70. The Labute approximate surface area is 121 Å². The first-order chi connectivity index (χ1) is 8.97. The fourth-order valence-electron chi connectivity index (χ4n) is 2.26. The third-order valence-electron chi connectivity index (χ3n) is 3.30. The molecule has 19 heavy (non-hydrogen) atoms. The molecular formula is C14H17BrN2O2. The maximum Gasteiger partial charge on any atom is 0.253 e. The number of nitrogens with one attached hydrogen (secondary N) is 1. The molecule has 1 N–H and O–H groups in total. The van der Waals surface area contributed by atoms with E-state index in [0.717, 1.165) is 16.5 Å². The van der Waals surface area contributed by atoms with Gasteiger partial charge in [0, 0.05) is 36.1 Å². The molecule has 1 aromatic carbocycles. The van der Waals surface area contributed by atoms with Crippen LogP contribution in [0, 0.1) is 6.92 Å². The van der Waals surface area contributed by atoms with Crippen molar-refractivity contribution < 1.29 is 9.59 Å². The van der Waals surface area contributed by atoms with Crippen molar-refractivity contribution in [3.8, 4) is 0 Å². The average Bonchev–Trinajstić information content (AvgIpc) is 2.79. The van der Waals surface area contributed by atoms with Crippen LogP contribution in [0.1, 0.15) is 29.3 Å². The molecule has 0 saturated carbocycles. The fourth-order valence-corrected chi connectivity index (χ4v) is 2.64. The predicted molar refractivity (Wildman–Crippen MR) is 77.0 cm³/mol. The van der Waals surface area contributed by atoms with Gasteiger partial charge in [0.1, 0.15) is 0 Å². The lowest BCUT2D eigenvalue weighted by Crippen LogP contribution is -2.37. The van der Waals surface area contributed by atoms with E-state index < -0.39 is 0 Å². The summed E-state index contributed by atoms with van der Waals surface area (Å²) < 4.78 is 0.941. The second-order valence-corrected chi connectivity index (χ2v) is 5.76. The quantitative estimate of drug-likeness (QED) is 0.905. The molecule has 1 aliphatic rings. The van der Waals surface area contributed by atoms with E-state index in [1.807, 2.05) is 25.1 Å². The lowest BCUT2D eigenvalue weighted by atomic mass is 10.1. The Morgan fingerprint density at radius 2 is 2.16 bits per heavy atom. The lowest BCUT2D eigenvalue weighted by Gasteiger charge is -2.17. The van der Waals surface area contributed by atoms with E-state index in [-0.39, 0.29) is 17.9 Å². The molecule has 0 radical (unpaired) electrons. The summed E-state index contributed by atoms with van der Waals surface area (Å²) in [6.07, 6.45) is 0.818. The Balaban J connectivity index is 2.04. The summed E-state index contributed by atoms with van der Waals surface area (Å²) in [5.41, 5.74) is 1.79. The second-order valence-electron chi connectivity index (χ2n) is 4.90. The van der Waals surface area contributed by atoms with Gasteiger partial charge >= 0.3 is 0 Å². The largest absolute Gasteiger partial charge is 0.352 e. The van der Waals surface area contributed by atoms with Crippen molar-refractivity contribution in [2.45, 2.75) is 26.3 Å². The summed E-state index contributed by atoms with van der Waals surface area (Å²) in [4.78, 5) is 25.1. The minimum atomic E-state index is -0.0441. The van der Waals surface area contributed by atoms with Gasteiger partial charge in [-0.3, -0.25) is 9.59 Å². The van der Waals surface area contributed by atoms with Crippen molar-refractivity contribution in [1.82, 2.24) is 10.2 Å². The molecule has 1 aliphatic heterocycles. The SMILES string of the molecule is CC(=O)NC1CCN(C(=O)c2ccc(C)c(Br)c2)C1. The Morgan fingerprint density at radius 3 is 2.79 bits per heavy atom. The number of hydrogen-bond donors (Lipinski definition) is 1. The zero-order valence-corrected chi connectivity index (χ0v) is 12.7. The Kier molecular flexibility index (Phi) is 4.24. The van der Waals surface area contributed by atoms with E-state index in [0.29, 0.717) is 18.7 Å². The van der Waals surface area contributed by atoms with Gasteiger partial charge in [-0.2, -0.15) is 0 Å². The molecule has 0 bridgehead atoms. The topological polar surface area (TPSA) is 49.4 Å². The third kappa shape index (κ3) is 3.35. The van der Waals surface area contributed by atoms with Gasteiger partial charge in [0.25, 0.3) is 5.91 Å². The van der Waals surface area contributed by atoms with Gasteiger partial charge in [-0.25, -0.2) is 0 Å². The highest BCUT2D eigenvalue weighted by atomic mass is 79.9. The number of nitrogens with zero attached hydrogens (tertiary/aromatic N) is 1. The minimum absolute atomic E-state index is 0.0218. The first kappa shape index (κ1) is 14.1. The Bertz CT molecular complexity index is 516. The molecule has 1 fully saturated rings. The standard InChI is InChI=1S/C14H17BrN2O2/c1-9-3-4-11(7-13(9)15)14(19)17-6-5-12(8-17)16-10(2)18/h3-4,7,12H,5-6,8H2,1-2H3,(H,16,18). The van der Waals surface area contributed by atoms with Crippen LogP contribution in [0.15, 0.2) is 22.7 Å². The van der Waals surface area contributed by atoms with Crippen LogP contribution in [-0.2, 0) is 4.79 Å². The van der Waals surface area contributed by atoms with Gasteiger partial charge in [-0.05, 0) is 31.0 Å². The minimum Gasteiger partial charge on any atom is -0.352 e. The van der Waals surface area contributed by atoms with Crippen molar-refractivity contribution in [2.24, 2.45) is 0 Å². The van der Waals surface area contributed by atoms with Crippen molar-refractivity contribution in [1.29, 1.82) is 0 Å². The first-order valence-corrected chi connectivity index (χ1v) is 7.09. The highest BCUT2D eigenvalue weighted by Gasteiger charge is 2.27. The van der Waals surface area contributed by atoms with Crippen molar-refractivity contribution in [3.63, 3.8) is 0 Å². The number of likely N-dealkylation sites (tertiary alicyclic amines) is 1. The highest BCUT2D eigenvalue weighted by molar-refractivity contribution is 9.10. The van der Waals surface area contributed by atoms with Crippen LogP contribution < -0.4 is 5.32 Å². The van der Waals surface area contributed by atoms with Gasteiger partial charge in [-0.1, -0.05) is 22.0 Å². The summed E-state index contributed by atoms with van der Waals surface area (Å²) in [7, 11) is 0. The van der Waals surface area contributed by atoms with Crippen LogP contribution >= 0.6 is 15.9 Å².